The summed E-state index contributed by atoms with van der Waals surface area (Å²) in [6, 6.07) is 8.66. The number of para-hydroxylation sites is 1. The van der Waals surface area contributed by atoms with E-state index in [0.29, 0.717) is 0 Å². The molecule has 3 nitrogen and oxygen atoms in total. The molecule has 3 heterocycles. The van der Waals surface area contributed by atoms with Crippen molar-refractivity contribution in [2.75, 3.05) is 19.6 Å². The first kappa shape index (κ1) is 14.2. The molecule has 3 aliphatic heterocycles. The summed E-state index contributed by atoms with van der Waals surface area (Å²) in [7, 11) is 0. The molecule has 0 radical (unpaired) electrons. The van der Waals surface area contributed by atoms with Crippen molar-refractivity contribution < 1.29 is 0 Å². The third kappa shape index (κ3) is 1.91. The van der Waals surface area contributed by atoms with Crippen LogP contribution in [0.15, 0.2) is 64.5 Å². The standard InChI is InChI=1S/C21H23N3/c1-2-24-13-11-21(12-14-24)19-15-7-3-5-9-17(15)22-20(19)16-8-4-6-10-18(16)23-21/h3-7,9-10,23H,2,8,11-14H2,1H3. The Balaban J connectivity index is 1.75. The number of rotatable bonds is 1. The summed E-state index contributed by atoms with van der Waals surface area (Å²) in [5.74, 6) is 0. The molecule has 3 heteroatoms. The fourth-order valence-electron chi connectivity index (χ4n) is 4.64. The monoisotopic (exact) mass is 317 g/mol. The zero-order valence-electron chi connectivity index (χ0n) is 14.2. The van der Waals surface area contributed by atoms with Gasteiger partial charge in [0.25, 0.3) is 0 Å². The van der Waals surface area contributed by atoms with Crippen LogP contribution in [0, 0.1) is 0 Å². The molecule has 1 fully saturated rings. The van der Waals surface area contributed by atoms with Crippen molar-refractivity contribution in [3.05, 3.63) is 70.0 Å². The Bertz CT molecular complexity index is 909. The fraction of sp³-hybridized carbons (Fsp3) is 0.381. The number of likely N-dealkylation sites (tertiary alicyclic amines) is 1. The van der Waals surface area contributed by atoms with E-state index in [1.807, 2.05) is 0 Å². The number of allylic oxidation sites excluding steroid dienone is 4. The largest absolute Gasteiger partial charge is 0.375 e. The van der Waals surface area contributed by atoms with E-state index in [4.69, 9.17) is 4.99 Å². The molecule has 0 bridgehead atoms. The Morgan fingerprint density at radius 1 is 1.21 bits per heavy atom. The highest BCUT2D eigenvalue weighted by Gasteiger charge is 2.45. The normalized spacial score (nSPS) is 24.0. The molecule has 0 unspecified atom stereocenters. The van der Waals surface area contributed by atoms with Crippen molar-refractivity contribution in [1.82, 2.24) is 10.2 Å². The van der Waals surface area contributed by atoms with Gasteiger partial charge >= 0.3 is 0 Å². The molecule has 1 aliphatic carbocycles. The second-order valence-electron chi connectivity index (χ2n) is 7.19. The first-order chi connectivity index (χ1) is 11.8. The molecular formula is C21H23N3. The van der Waals surface area contributed by atoms with E-state index >= 15 is 0 Å². The van der Waals surface area contributed by atoms with Crippen LogP contribution in [0.25, 0.3) is 5.57 Å². The summed E-state index contributed by atoms with van der Waals surface area (Å²) in [5.41, 5.74) is 5.40. The quantitative estimate of drug-likeness (QED) is 0.858. The molecule has 1 aromatic carbocycles. The second-order valence-corrected chi connectivity index (χ2v) is 7.19. The van der Waals surface area contributed by atoms with Crippen molar-refractivity contribution in [1.29, 1.82) is 0 Å². The van der Waals surface area contributed by atoms with Crippen molar-refractivity contribution in [3.63, 3.8) is 0 Å². The van der Waals surface area contributed by atoms with Crippen molar-refractivity contribution in [3.8, 4) is 0 Å². The highest BCUT2D eigenvalue weighted by Crippen LogP contribution is 2.44. The second kappa shape index (κ2) is 5.18. The minimum absolute atomic E-state index is 0.0393. The molecule has 0 saturated carbocycles. The average Bonchev–Trinajstić information content (AvgIpc) is 3.03. The summed E-state index contributed by atoms with van der Waals surface area (Å²) < 4.78 is 0. The minimum atomic E-state index is 0.0393. The number of hydrogen-bond donors (Lipinski definition) is 1. The van der Waals surface area contributed by atoms with Gasteiger partial charge in [-0.1, -0.05) is 37.3 Å². The molecule has 1 N–H and O–H groups in total. The van der Waals surface area contributed by atoms with Gasteiger partial charge in [0, 0.05) is 35.2 Å². The summed E-state index contributed by atoms with van der Waals surface area (Å²) in [6.07, 6.45) is 9.92. The van der Waals surface area contributed by atoms with E-state index in [1.54, 1.807) is 0 Å². The highest BCUT2D eigenvalue weighted by atomic mass is 15.2. The van der Waals surface area contributed by atoms with Crippen LogP contribution in [0.4, 0.5) is 0 Å². The molecule has 0 amide bonds. The third-order valence-corrected chi connectivity index (χ3v) is 5.98. The highest BCUT2D eigenvalue weighted by molar-refractivity contribution is 5.79. The Labute approximate surface area is 142 Å². The Kier molecular flexibility index (Phi) is 3.07. The Morgan fingerprint density at radius 2 is 2.04 bits per heavy atom. The van der Waals surface area contributed by atoms with Crippen LogP contribution in [-0.4, -0.2) is 30.1 Å². The topological polar surface area (TPSA) is 27.6 Å². The van der Waals surface area contributed by atoms with Crippen LogP contribution in [-0.2, 0) is 0 Å². The summed E-state index contributed by atoms with van der Waals surface area (Å²) in [4.78, 5) is 7.62. The lowest BCUT2D eigenvalue weighted by molar-refractivity contribution is 0.180. The van der Waals surface area contributed by atoms with Crippen LogP contribution in [0.3, 0.4) is 0 Å². The van der Waals surface area contributed by atoms with Crippen LogP contribution >= 0.6 is 0 Å². The number of benzene rings is 1. The van der Waals surface area contributed by atoms with Crippen molar-refractivity contribution in [2.24, 2.45) is 4.99 Å². The summed E-state index contributed by atoms with van der Waals surface area (Å²) >= 11 is 0. The smallest absolute Gasteiger partial charge is 0.0755 e. The zero-order valence-corrected chi connectivity index (χ0v) is 14.2. The molecule has 1 saturated heterocycles. The van der Waals surface area contributed by atoms with Gasteiger partial charge in [-0.15, -0.1) is 0 Å². The summed E-state index contributed by atoms with van der Waals surface area (Å²) in [5, 5.41) is 6.44. The lowest BCUT2D eigenvalue weighted by Crippen LogP contribution is -2.57. The van der Waals surface area contributed by atoms with Gasteiger partial charge < -0.3 is 10.2 Å². The number of fused-ring (bicyclic) bond motifs is 4. The van der Waals surface area contributed by atoms with Gasteiger partial charge in [-0.2, -0.15) is 0 Å². The van der Waals surface area contributed by atoms with Crippen molar-refractivity contribution >= 4 is 5.57 Å². The number of nitrogens with zero attached hydrogens (tertiary/aromatic N) is 2. The molecule has 1 spiro atoms. The van der Waals surface area contributed by atoms with E-state index in [0.717, 1.165) is 44.3 Å². The van der Waals surface area contributed by atoms with Crippen LogP contribution < -0.4 is 15.9 Å². The van der Waals surface area contributed by atoms with Gasteiger partial charge in [-0.3, -0.25) is 0 Å². The predicted octanol–water partition coefficient (Wildman–Crippen LogP) is 2.03. The number of hydrogen-bond acceptors (Lipinski definition) is 3. The maximum atomic E-state index is 5.06. The predicted molar refractivity (Wildman–Crippen MR) is 96.7 cm³/mol. The van der Waals surface area contributed by atoms with Gasteiger partial charge in [-0.05, 0) is 37.9 Å². The third-order valence-electron chi connectivity index (χ3n) is 5.98. The van der Waals surface area contributed by atoms with E-state index in [1.165, 1.54) is 27.8 Å². The van der Waals surface area contributed by atoms with Crippen molar-refractivity contribution in [2.45, 2.75) is 31.7 Å². The van der Waals surface area contributed by atoms with Crippen LogP contribution in [0.5, 0.6) is 0 Å². The van der Waals surface area contributed by atoms with Crippen LogP contribution in [0.1, 0.15) is 26.2 Å². The SMILES string of the molecule is CCN1CCC2(CC1)NC1=CC=CCC1=C1N=c3ccccc3=C12. The molecular weight excluding hydrogens is 294 g/mol. The molecule has 0 atom stereocenters. The lowest BCUT2D eigenvalue weighted by atomic mass is 9.74. The molecule has 0 aromatic heterocycles. The van der Waals surface area contributed by atoms with Gasteiger partial charge in [-0.25, -0.2) is 4.99 Å². The Morgan fingerprint density at radius 3 is 2.88 bits per heavy atom. The lowest BCUT2D eigenvalue weighted by Gasteiger charge is -2.47. The Hall–Kier alpha value is -2.13. The average molecular weight is 317 g/mol. The molecule has 122 valence electrons. The van der Waals surface area contributed by atoms with Gasteiger partial charge in [0.1, 0.15) is 0 Å². The molecule has 4 aliphatic rings. The molecule has 1 aromatic rings. The van der Waals surface area contributed by atoms with Gasteiger partial charge in [0.2, 0.25) is 0 Å². The van der Waals surface area contributed by atoms with Gasteiger partial charge in [0.05, 0.1) is 16.6 Å². The van der Waals surface area contributed by atoms with Gasteiger partial charge in [0.15, 0.2) is 0 Å². The first-order valence-electron chi connectivity index (χ1n) is 9.10. The van der Waals surface area contributed by atoms with E-state index in [-0.39, 0.29) is 5.54 Å². The minimum Gasteiger partial charge on any atom is -0.375 e. The van der Waals surface area contributed by atoms with Crippen LogP contribution in [0.2, 0.25) is 0 Å². The van der Waals surface area contributed by atoms with E-state index < -0.39 is 0 Å². The number of piperidine rings is 1. The zero-order chi connectivity index (χ0) is 16.1. The fourth-order valence-corrected chi connectivity index (χ4v) is 4.64. The number of nitrogens with one attached hydrogen (secondary N) is 1. The van der Waals surface area contributed by atoms with E-state index in [9.17, 15) is 0 Å². The summed E-state index contributed by atoms with van der Waals surface area (Å²) in [6.45, 7) is 5.71. The first-order valence-corrected chi connectivity index (χ1v) is 9.10. The molecule has 24 heavy (non-hydrogen) atoms. The maximum absolute atomic E-state index is 5.06. The molecule has 5 rings (SSSR count). The van der Waals surface area contributed by atoms with E-state index in [2.05, 4.69) is 59.6 Å². The maximum Gasteiger partial charge on any atom is 0.0755 e.